The van der Waals surface area contributed by atoms with Gasteiger partial charge in [0.05, 0.1) is 4.90 Å². The average molecular weight is 416 g/mol. The van der Waals surface area contributed by atoms with Gasteiger partial charge in [0.1, 0.15) is 0 Å². The van der Waals surface area contributed by atoms with Crippen molar-refractivity contribution in [3.8, 4) is 0 Å². The molecule has 2 aromatic rings. The van der Waals surface area contributed by atoms with Crippen molar-refractivity contribution in [1.29, 1.82) is 0 Å². The molecule has 0 spiro atoms. The van der Waals surface area contributed by atoms with Crippen molar-refractivity contribution in [2.75, 3.05) is 30.9 Å². The Morgan fingerprint density at radius 2 is 1.72 bits per heavy atom. The Bertz CT molecular complexity index is 938. The van der Waals surface area contributed by atoms with Crippen LogP contribution in [-0.2, 0) is 14.8 Å². The van der Waals surface area contributed by atoms with Crippen molar-refractivity contribution in [3.05, 3.63) is 54.1 Å². The summed E-state index contributed by atoms with van der Waals surface area (Å²) in [6.07, 6.45) is 2.59. The molecule has 29 heavy (non-hydrogen) atoms. The van der Waals surface area contributed by atoms with Crippen LogP contribution in [0.2, 0.25) is 0 Å². The fourth-order valence-electron chi connectivity index (χ4n) is 3.61. The number of sulfonamides is 1. The Balaban J connectivity index is 1.70. The van der Waals surface area contributed by atoms with Gasteiger partial charge in [0.15, 0.2) is 0 Å². The molecule has 1 fully saturated rings. The van der Waals surface area contributed by atoms with Crippen LogP contribution in [0.5, 0.6) is 0 Å². The normalized spacial score (nSPS) is 17.7. The van der Waals surface area contributed by atoms with Crippen molar-refractivity contribution >= 4 is 27.3 Å². The second-order valence-electron chi connectivity index (χ2n) is 7.77. The van der Waals surface area contributed by atoms with Gasteiger partial charge in [-0.3, -0.25) is 4.79 Å². The molecule has 1 atom stereocenters. The summed E-state index contributed by atoms with van der Waals surface area (Å²) in [5.74, 6) is -0.168. The minimum absolute atomic E-state index is 0.153. The maximum Gasteiger partial charge on any atom is 0.243 e. The smallest absolute Gasteiger partial charge is 0.243 e. The van der Waals surface area contributed by atoms with E-state index in [9.17, 15) is 13.2 Å². The summed E-state index contributed by atoms with van der Waals surface area (Å²) >= 11 is 0. The van der Waals surface area contributed by atoms with Crippen LogP contribution in [0.3, 0.4) is 0 Å². The van der Waals surface area contributed by atoms with Crippen LogP contribution >= 0.6 is 0 Å². The number of amides is 1. The lowest BCUT2D eigenvalue weighted by atomic mass is 10.0. The van der Waals surface area contributed by atoms with Crippen LogP contribution in [-0.4, -0.2) is 45.3 Å². The van der Waals surface area contributed by atoms with E-state index in [4.69, 9.17) is 0 Å². The Morgan fingerprint density at radius 1 is 1.07 bits per heavy atom. The third-order valence-electron chi connectivity index (χ3n) is 5.29. The first-order valence-electron chi connectivity index (χ1n) is 9.93. The number of piperidine rings is 1. The van der Waals surface area contributed by atoms with Crippen molar-refractivity contribution in [1.82, 2.24) is 4.31 Å². The highest BCUT2D eigenvalue weighted by molar-refractivity contribution is 7.89. The Hall–Kier alpha value is -2.38. The quantitative estimate of drug-likeness (QED) is 0.782. The van der Waals surface area contributed by atoms with E-state index in [0.717, 1.165) is 24.1 Å². The number of rotatable bonds is 6. The van der Waals surface area contributed by atoms with Gasteiger partial charge in [-0.2, -0.15) is 4.31 Å². The van der Waals surface area contributed by atoms with Gasteiger partial charge in [0, 0.05) is 44.5 Å². The first kappa shape index (κ1) is 21.3. The standard InChI is InChI=1S/C22H29N3O3S/c1-17-7-13-21(14-8-17)29(27,28)25-15-5-4-6-20(25)16-22(26)23-18-9-11-19(12-10-18)24(2)3/h7-14,20H,4-6,15-16H2,1-3H3,(H,23,26)/t20-/m1/s1. The summed E-state index contributed by atoms with van der Waals surface area (Å²) < 4.78 is 27.8. The molecule has 1 aliphatic heterocycles. The fourth-order valence-corrected chi connectivity index (χ4v) is 5.30. The fraction of sp³-hybridized carbons (Fsp3) is 0.409. The summed E-state index contributed by atoms with van der Waals surface area (Å²) in [4.78, 5) is 14.9. The molecular formula is C22H29N3O3S. The van der Waals surface area contributed by atoms with E-state index in [-0.39, 0.29) is 23.3 Å². The minimum Gasteiger partial charge on any atom is -0.378 e. The van der Waals surface area contributed by atoms with Gasteiger partial charge in [0.25, 0.3) is 0 Å². The second-order valence-corrected chi connectivity index (χ2v) is 9.66. The number of carbonyl (C=O) groups is 1. The topological polar surface area (TPSA) is 69.7 Å². The number of nitrogens with zero attached hydrogens (tertiary/aromatic N) is 2. The third-order valence-corrected chi connectivity index (χ3v) is 7.26. The first-order chi connectivity index (χ1) is 13.8. The van der Waals surface area contributed by atoms with E-state index >= 15 is 0 Å². The third kappa shape index (κ3) is 5.16. The number of aryl methyl sites for hydroxylation is 1. The largest absolute Gasteiger partial charge is 0.378 e. The summed E-state index contributed by atoms with van der Waals surface area (Å²) in [6, 6.07) is 14.1. The van der Waals surface area contributed by atoms with Gasteiger partial charge in [-0.1, -0.05) is 24.1 Å². The molecule has 0 aliphatic carbocycles. The van der Waals surface area contributed by atoms with Gasteiger partial charge in [-0.25, -0.2) is 8.42 Å². The zero-order valence-electron chi connectivity index (χ0n) is 17.3. The van der Waals surface area contributed by atoms with E-state index < -0.39 is 10.0 Å². The molecule has 1 saturated heterocycles. The molecule has 7 heteroatoms. The van der Waals surface area contributed by atoms with Crippen molar-refractivity contribution in [2.24, 2.45) is 0 Å². The van der Waals surface area contributed by atoms with Crippen molar-refractivity contribution in [3.63, 3.8) is 0 Å². The SMILES string of the molecule is Cc1ccc(S(=O)(=O)N2CCCC[C@@H]2CC(=O)Nc2ccc(N(C)C)cc2)cc1. The van der Waals surface area contributed by atoms with E-state index in [1.54, 1.807) is 24.3 Å². The van der Waals surface area contributed by atoms with E-state index in [2.05, 4.69) is 5.32 Å². The molecule has 0 aromatic heterocycles. The highest BCUT2D eigenvalue weighted by atomic mass is 32.2. The summed E-state index contributed by atoms with van der Waals surface area (Å²) in [5.41, 5.74) is 2.77. The lowest BCUT2D eigenvalue weighted by Crippen LogP contribution is -2.45. The van der Waals surface area contributed by atoms with Crippen molar-refractivity contribution in [2.45, 2.75) is 43.5 Å². The zero-order chi connectivity index (χ0) is 21.0. The molecular weight excluding hydrogens is 386 g/mol. The summed E-state index contributed by atoms with van der Waals surface area (Å²) in [7, 11) is 0.302. The van der Waals surface area contributed by atoms with Crippen LogP contribution < -0.4 is 10.2 Å². The molecule has 156 valence electrons. The van der Waals surface area contributed by atoms with Gasteiger partial charge in [-0.15, -0.1) is 0 Å². The van der Waals surface area contributed by atoms with Gasteiger partial charge >= 0.3 is 0 Å². The van der Waals surface area contributed by atoms with E-state index in [0.29, 0.717) is 18.7 Å². The lowest BCUT2D eigenvalue weighted by Gasteiger charge is -2.34. The Kier molecular flexibility index (Phi) is 6.59. The maximum absolute atomic E-state index is 13.1. The van der Waals surface area contributed by atoms with Crippen molar-refractivity contribution < 1.29 is 13.2 Å². The van der Waals surface area contributed by atoms with E-state index in [1.165, 1.54) is 4.31 Å². The number of nitrogens with one attached hydrogen (secondary N) is 1. The van der Waals surface area contributed by atoms with Crippen LogP contribution in [0.4, 0.5) is 11.4 Å². The number of hydrogen-bond donors (Lipinski definition) is 1. The van der Waals surface area contributed by atoms with Gasteiger partial charge < -0.3 is 10.2 Å². The second kappa shape index (κ2) is 8.97. The maximum atomic E-state index is 13.1. The van der Waals surface area contributed by atoms with Crippen LogP contribution in [0.25, 0.3) is 0 Å². The monoisotopic (exact) mass is 415 g/mol. The molecule has 3 rings (SSSR count). The predicted molar refractivity (Wildman–Crippen MR) is 117 cm³/mol. The summed E-state index contributed by atoms with van der Waals surface area (Å²) in [6.45, 7) is 2.38. The highest BCUT2D eigenvalue weighted by Crippen LogP contribution is 2.27. The molecule has 1 aliphatic rings. The number of anilines is 2. The van der Waals surface area contributed by atoms with Crippen LogP contribution in [0.15, 0.2) is 53.4 Å². The number of benzene rings is 2. The summed E-state index contributed by atoms with van der Waals surface area (Å²) in [5, 5.41) is 2.90. The van der Waals surface area contributed by atoms with Gasteiger partial charge in [0.2, 0.25) is 15.9 Å². The predicted octanol–water partition coefficient (Wildman–Crippen LogP) is 3.63. The molecule has 1 N–H and O–H groups in total. The molecule has 0 saturated carbocycles. The van der Waals surface area contributed by atoms with Crippen LogP contribution in [0.1, 0.15) is 31.2 Å². The molecule has 1 amide bonds. The van der Waals surface area contributed by atoms with Gasteiger partial charge in [-0.05, 0) is 56.2 Å². The molecule has 0 unspecified atom stereocenters. The molecule has 1 heterocycles. The van der Waals surface area contributed by atoms with Crippen LogP contribution in [0, 0.1) is 6.92 Å². The average Bonchev–Trinajstić information content (AvgIpc) is 2.69. The lowest BCUT2D eigenvalue weighted by molar-refractivity contribution is -0.117. The zero-order valence-corrected chi connectivity index (χ0v) is 18.1. The Labute approximate surface area is 173 Å². The highest BCUT2D eigenvalue weighted by Gasteiger charge is 2.34. The first-order valence-corrected chi connectivity index (χ1v) is 11.4. The minimum atomic E-state index is -3.61. The number of hydrogen-bond acceptors (Lipinski definition) is 4. The molecule has 6 nitrogen and oxygen atoms in total. The van der Waals surface area contributed by atoms with E-state index in [1.807, 2.05) is 50.2 Å². The number of carbonyl (C=O) groups excluding carboxylic acids is 1. The Morgan fingerprint density at radius 3 is 2.34 bits per heavy atom. The molecule has 2 aromatic carbocycles. The molecule has 0 bridgehead atoms. The molecule has 0 radical (unpaired) electrons.